The lowest BCUT2D eigenvalue weighted by Crippen LogP contribution is -2.44. The standard InChI is InChI=1S/C14H18N4O/c1-14(6-7-15-9-14)16-8-12-13(19)18-11-5-3-2-4-10(11)17-12/h2-5,15-16H,6-9H2,1H3,(H,18,19). The average molecular weight is 258 g/mol. The highest BCUT2D eigenvalue weighted by atomic mass is 16.1. The first-order valence-corrected chi connectivity index (χ1v) is 6.60. The summed E-state index contributed by atoms with van der Waals surface area (Å²) in [5.74, 6) is 0. The van der Waals surface area contributed by atoms with E-state index in [-0.39, 0.29) is 11.1 Å². The van der Waals surface area contributed by atoms with Crippen LogP contribution in [0.5, 0.6) is 0 Å². The van der Waals surface area contributed by atoms with Crippen LogP contribution in [0.15, 0.2) is 29.1 Å². The number of nitrogens with one attached hydrogen (secondary N) is 3. The minimum absolute atomic E-state index is 0.0553. The topological polar surface area (TPSA) is 69.8 Å². The van der Waals surface area contributed by atoms with Gasteiger partial charge in [-0.3, -0.25) is 4.79 Å². The zero-order valence-electron chi connectivity index (χ0n) is 11.0. The Hall–Kier alpha value is -1.72. The van der Waals surface area contributed by atoms with Crippen molar-refractivity contribution in [2.75, 3.05) is 13.1 Å². The van der Waals surface area contributed by atoms with Crippen molar-refractivity contribution < 1.29 is 0 Å². The normalized spacial score (nSPS) is 23.0. The first-order valence-electron chi connectivity index (χ1n) is 6.60. The second-order valence-corrected chi connectivity index (χ2v) is 5.37. The summed E-state index contributed by atoms with van der Waals surface area (Å²) in [6, 6.07) is 7.59. The average Bonchev–Trinajstić information content (AvgIpc) is 2.84. The van der Waals surface area contributed by atoms with Gasteiger partial charge in [-0.05, 0) is 32.0 Å². The summed E-state index contributed by atoms with van der Waals surface area (Å²) in [6.07, 6.45) is 1.07. The van der Waals surface area contributed by atoms with Crippen LogP contribution in [0, 0.1) is 0 Å². The molecule has 0 saturated carbocycles. The summed E-state index contributed by atoms with van der Waals surface area (Å²) < 4.78 is 0. The lowest BCUT2D eigenvalue weighted by molar-refractivity contribution is 0.382. The van der Waals surface area contributed by atoms with Crippen LogP contribution in [0.2, 0.25) is 0 Å². The number of hydrogen-bond acceptors (Lipinski definition) is 4. The Morgan fingerprint density at radius 1 is 1.42 bits per heavy atom. The van der Waals surface area contributed by atoms with Crippen LogP contribution in [0.4, 0.5) is 0 Å². The number of hydrogen-bond donors (Lipinski definition) is 3. The molecule has 3 N–H and O–H groups in total. The van der Waals surface area contributed by atoms with E-state index in [9.17, 15) is 4.79 Å². The van der Waals surface area contributed by atoms with Crippen molar-refractivity contribution >= 4 is 11.0 Å². The summed E-state index contributed by atoms with van der Waals surface area (Å²) in [4.78, 5) is 19.3. The maximum absolute atomic E-state index is 12.0. The third-order valence-electron chi connectivity index (χ3n) is 3.72. The zero-order valence-corrected chi connectivity index (χ0v) is 11.0. The zero-order chi connectivity index (χ0) is 13.3. The molecule has 1 aliphatic heterocycles. The summed E-state index contributed by atoms with van der Waals surface area (Å²) in [5, 5.41) is 6.76. The lowest BCUT2D eigenvalue weighted by atomic mass is 10.0. The largest absolute Gasteiger partial charge is 0.319 e. The number of rotatable bonds is 3. The van der Waals surface area contributed by atoms with Crippen molar-refractivity contribution in [1.29, 1.82) is 0 Å². The Bertz CT molecular complexity index is 643. The van der Waals surface area contributed by atoms with Crippen LogP contribution >= 0.6 is 0 Å². The molecule has 1 saturated heterocycles. The first kappa shape index (κ1) is 12.3. The van der Waals surface area contributed by atoms with Gasteiger partial charge in [-0.1, -0.05) is 12.1 Å². The highest BCUT2D eigenvalue weighted by Gasteiger charge is 2.27. The van der Waals surface area contributed by atoms with Gasteiger partial charge in [-0.2, -0.15) is 0 Å². The number of para-hydroxylation sites is 2. The fourth-order valence-corrected chi connectivity index (χ4v) is 2.45. The number of fused-ring (bicyclic) bond motifs is 1. The molecule has 2 heterocycles. The molecule has 0 aliphatic carbocycles. The molecule has 5 heteroatoms. The van der Waals surface area contributed by atoms with E-state index in [0.29, 0.717) is 12.2 Å². The highest BCUT2D eigenvalue weighted by Crippen LogP contribution is 2.13. The Morgan fingerprint density at radius 2 is 2.26 bits per heavy atom. The van der Waals surface area contributed by atoms with Gasteiger partial charge in [-0.15, -0.1) is 0 Å². The van der Waals surface area contributed by atoms with Gasteiger partial charge in [0.25, 0.3) is 5.56 Å². The van der Waals surface area contributed by atoms with Crippen LogP contribution in [0.3, 0.4) is 0 Å². The van der Waals surface area contributed by atoms with E-state index in [2.05, 4.69) is 27.5 Å². The molecule has 19 heavy (non-hydrogen) atoms. The maximum atomic E-state index is 12.0. The smallest absolute Gasteiger partial charge is 0.271 e. The van der Waals surface area contributed by atoms with E-state index in [1.165, 1.54) is 0 Å². The Balaban J connectivity index is 1.84. The summed E-state index contributed by atoms with van der Waals surface area (Å²) >= 11 is 0. The van der Waals surface area contributed by atoms with Gasteiger partial charge in [0, 0.05) is 18.6 Å². The molecule has 3 rings (SSSR count). The van der Waals surface area contributed by atoms with Crippen molar-refractivity contribution in [3.63, 3.8) is 0 Å². The van der Waals surface area contributed by atoms with Crippen LogP contribution in [0.25, 0.3) is 11.0 Å². The molecular formula is C14H18N4O. The van der Waals surface area contributed by atoms with E-state index in [1.807, 2.05) is 24.3 Å². The van der Waals surface area contributed by atoms with Gasteiger partial charge in [0.15, 0.2) is 0 Å². The van der Waals surface area contributed by atoms with Gasteiger partial charge >= 0.3 is 0 Å². The van der Waals surface area contributed by atoms with Crippen LogP contribution < -0.4 is 16.2 Å². The summed E-state index contributed by atoms with van der Waals surface area (Å²) in [6.45, 7) is 4.62. The molecule has 0 spiro atoms. The van der Waals surface area contributed by atoms with Gasteiger partial charge in [0.2, 0.25) is 0 Å². The second kappa shape index (κ2) is 4.75. The number of aromatic amines is 1. The number of nitrogens with zero attached hydrogens (tertiary/aromatic N) is 1. The van der Waals surface area contributed by atoms with Gasteiger partial charge in [0.1, 0.15) is 5.69 Å². The van der Waals surface area contributed by atoms with Crippen molar-refractivity contribution in [2.24, 2.45) is 0 Å². The van der Waals surface area contributed by atoms with Crippen LogP contribution in [-0.2, 0) is 6.54 Å². The summed E-state index contributed by atoms with van der Waals surface area (Å²) in [5.41, 5.74) is 2.10. The SMILES string of the molecule is CC1(NCc2nc3ccccc3[nH]c2=O)CCNC1. The maximum Gasteiger partial charge on any atom is 0.271 e. The minimum atomic E-state index is -0.110. The van der Waals surface area contributed by atoms with Gasteiger partial charge in [-0.25, -0.2) is 4.98 Å². The van der Waals surface area contributed by atoms with E-state index < -0.39 is 0 Å². The molecular weight excluding hydrogens is 240 g/mol. The summed E-state index contributed by atoms with van der Waals surface area (Å²) in [7, 11) is 0. The van der Waals surface area contributed by atoms with E-state index in [0.717, 1.165) is 30.5 Å². The molecule has 1 atom stereocenters. The molecule has 1 aromatic carbocycles. The molecule has 0 bridgehead atoms. The molecule has 5 nitrogen and oxygen atoms in total. The molecule has 0 radical (unpaired) electrons. The third kappa shape index (κ3) is 2.52. The molecule has 1 aromatic heterocycles. The number of benzene rings is 1. The van der Waals surface area contributed by atoms with Crippen molar-refractivity contribution in [1.82, 2.24) is 20.6 Å². The van der Waals surface area contributed by atoms with Gasteiger partial charge < -0.3 is 15.6 Å². The minimum Gasteiger partial charge on any atom is -0.319 e. The Kier molecular flexibility index (Phi) is 3.08. The quantitative estimate of drug-likeness (QED) is 0.760. The third-order valence-corrected chi connectivity index (χ3v) is 3.72. The van der Waals surface area contributed by atoms with Crippen molar-refractivity contribution in [2.45, 2.75) is 25.4 Å². The van der Waals surface area contributed by atoms with Crippen molar-refractivity contribution in [3.05, 3.63) is 40.3 Å². The van der Waals surface area contributed by atoms with Crippen molar-refractivity contribution in [3.8, 4) is 0 Å². The fourth-order valence-electron chi connectivity index (χ4n) is 2.45. The number of H-pyrrole nitrogens is 1. The molecule has 1 unspecified atom stereocenters. The van der Waals surface area contributed by atoms with E-state index >= 15 is 0 Å². The predicted molar refractivity (Wildman–Crippen MR) is 75.1 cm³/mol. The first-order chi connectivity index (χ1) is 9.16. The van der Waals surface area contributed by atoms with Crippen LogP contribution in [0.1, 0.15) is 19.0 Å². The van der Waals surface area contributed by atoms with Crippen LogP contribution in [-0.4, -0.2) is 28.6 Å². The van der Waals surface area contributed by atoms with Gasteiger partial charge in [0.05, 0.1) is 11.0 Å². The molecule has 1 aliphatic rings. The predicted octanol–water partition coefficient (Wildman–Crippen LogP) is 0.765. The van der Waals surface area contributed by atoms with E-state index in [4.69, 9.17) is 0 Å². The molecule has 0 amide bonds. The Morgan fingerprint density at radius 3 is 3.05 bits per heavy atom. The number of aromatic nitrogens is 2. The fraction of sp³-hybridized carbons (Fsp3) is 0.429. The van der Waals surface area contributed by atoms with E-state index in [1.54, 1.807) is 0 Å². The Labute approximate surface area is 111 Å². The second-order valence-electron chi connectivity index (χ2n) is 5.37. The highest BCUT2D eigenvalue weighted by molar-refractivity contribution is 5.73. The monoisotopic (exact) mass is 258 g/mol. The molecule has 100 valence electrons. The molecule has 2 aromatic rings. The lowest BCUT2D eigenvalue weighted by Gasteiger charge is -2.24. The molecule has 1 fully saturated rings.